The molecule has 7 aromatic carbocycles. The average Bonchev–Trinajstić information content (AvgIpc) is 3.63. The van der Waals surface area contributed by atoms with E-state index in [1.54, 1.807) is 0 Å². The fourth-order valence-electron chi connectivity index (χ4n) is 12.3. The van der Waals surface area contributed by atoms with Crippen LogP contribution in [0.25, 0.3) is 22.3 Å². The van der Waals surface area contributed by atoms with Crippen molar-refractivity contribution in [1.82, 2.24) is 0 Å². The van der Waals surface area contributed by atoms with Gasteiger partial charge >= 0.3 is 0 Å². The first-order valence-corrected chi connectivity index (χ1v) is 23.8. The van der Waals surface area contributed by atoms with Crippen LogP contribution in [0.15, 0.2) is 193 Å². The number of ether oxygens (including phenoxy) is 1. The van der Waals surface area contributed by atoms with E-state index < -0.39 is 5.41 Å². The Morgan fingerprint density at radius 3 is 1.72 bits per heavy atom. The highest BCUT2D eigenvalue weighted by atomic mass is 16.5. The zero-order valence-electron chi connectivity index (χ0n) is 37.5. The molecule has 0 fully saturated rings. The van der Waals surface area contributed by atoms with Crippen molar-refractivity contribution in [3.05, 3.63) is 238 Å². The van der Waals surface area contributed by atoms with Crippen LogP contribution in [0, 0.1) is 23.7 Å². The SMILES string of the molecule is CCC1C(c2ccccc2)=CC=C(c2ccc(C3CCC(C)C(c4ccc5c(c4)C4(c6ccccc6Oc6ccccc64)c4ccccc4-5)/N=C(/c4ccccc4)C3CC)cc2)C1C. The zero-order chi connectivity index (χ0) is 43.4. The zero-order valence-corrected chi connectivity index (χ0v) is 37.5. The smallest absolute Gasteiger partial charge is 0.132 e. The summed E-state index contributed by atoms with van der Waals surface area (Å²) in [5, 5.41) is 0. The Bertz CT molecular complexity index is 2890. The summed E-state index contributed by atoms with van der Waals surface area (Å²) in [5.74, 6) is 3.74. The van der Waals surface area contributed by atoms with Gasteiger partial charge in [-0.1, -0.05) is 204 Å². The second-order valence-corrected chi connectivity index (χ2v) is 18.7. The Hall–Kier alpha value is -6.51. The molecule has 0 N–H and O–H groups in total. The van der Waals surface area contributed by atoms with Crippen LogP contribution < -0.4 is 4.74 Å². The fourth-order valence-corrected chi connectivity index (χ4v) is 12.3. The van der Waals surface area contributed by atoms with Crippen LogP contribution in [0.5, 0.6) is 11.5 Å². The highest BCUT2D eigenvalue weighted by Gasteiger charge is 2.51. The Labute approximate surface area is 380 Å². The van der Waals surface area contributed by atoms with Gasteiger partial charge in [0.05, 0.1) is 11.5 Å². The Morgan fingerprint density at radius 1 is 0.500 bits per heavy atom. The molecule has 1 spiro atoms. The van der Waals surface area contributed by atoms with Gasteiger partial charge in [-0.3, -0.25) is 4.99 Å². The van der Waals surface area contributed by atoms with E-state index in [1.165, 1.54) is 78.1 Å². The highest BCUT2D eigenvalue weighted by molar-refractivity contribution is 6.03. The third kappa shape index (κ3) is 6.48. The first-order chi connectivity index (χ1) is 31.5. The lowest BCUT2D eigenvalue weighted by Gasteiger charge is -2.39. The third-order valence-electron chi connectivity index (χ3n) is 15.5. The molecular weight excluding hydrogens is 775 g/mol. The molecule has 0 saturated heterocycles. The molecule has 316 valence electrons. The average molecular weight is 832 g/mol. The molecule has 2 heteroatoms. The van der Waals surface area contributed by atoms with Gasteiger partial charge in [0, 0.05) is 22.8 Å². The minimum atomic E-state index is -0.503. The van der Waals surface area contributed by atoms with Crippen LogP contribution in [0.4, 0.5) is 0 Å². The highest BCUT2D eigenvalue weighted by Crippen LogP contribution is 2.62. The van der Waals surface area contributed by atoms with Crippen molar-refractivity contribution in [2.75, 3.05) is 0 Å². The van der Waals surface area contributed by atoms with Crippen molar-refractivity contribution in [3.63, 3.8) is 0 Å². The first-order valence-electron chi connectivity index (χ1n) is 23.8. The van der Waals surface area contributed by atoms with Gasteiger partial charge < -0.3 is 4.74 Å². The normalized spacial score (nSPS) is 23.7. The van der Waals surface area contributed by atoms with Gasteiger partial charge in [-0.15, -0.1) is 0 Å². The van der Waals surface area contributed by atoms with Crippen molar-refractivity contribution >= 4 is 16.9 Å². The number of para-hydroxylation sites is 2. The third-order valence-corrected chi connectivity index (χ3v) is 15.5. The van der Waals surface area contributed by atoms with Gasteiger partial charge in [0.15, 0.2) is 0 Å². The number of fused-ring (bicyclic) bond motifs is 9. The van der Waals surface area contributed by atoms with Gasteiger partial charge in [-0.25, -0.2) is 0 Å². The first kappa shape index (κ1) is 40.3. The number of rotatable bonds is 7. The number of nitrogens with zero attached hydrogens (tertiary/aromatic N) is 1. The largest absolute Gasteiger partial charge is 0.457 e. The van der Waals surface area contributed by atoms with Crippen LogP contribution in [-0.4, -0.2) is 5.71 Å². The molecule has 0 amide bonds. The van der Waals surface area contributed by atoms with E-state index >= 15 is 0 Å². The Balaban J connectivity index is 0.998. The van der Waals surface area contributed by atoms with E-state index in [4.69, 9.17) is 9.73 Å². The van der Waals surface area contributed by atoms with E-state index in [0.29, 0.717) is 23.7 Å². The summed E-state index contributed by atoms with van der Waals surface area (Å²) in [7, 11) is 0. The summed E-state index contributed by atoms with van der Waals surface area (Å²) in [6.45, 7) is 9.58. The lowest BCUT2D eigenvalue weighted by atomic mass is 9.65. The van der Waals surface area contributed by atoms with Gasteiger partial charge in [0.2, 0.25) is 0 Å². The lowest BCUT2D eigenvalue weighted by molar-refractivity contribution is 0.362. The molecule has 0 radical (unpaired) electrons. The lowest BCUT2D eigenvalue weighted by Crippen LogP contribution is -2.32. The van der Waals surface area contributed by atoms with E-state index in [9.17, 15) is 0 Å². The molecule has 0 saturated carbocycles. The molecule has 6 atom stereocenters. The maximum absolute atomic E-state index is 6.66. The molecule has 7 aromatic rings. The Morgan fingerprint density at radius 2 is 1.05 bits per heavy atom. The van der Waals surface area contributed by atoms with E-state index in [1.807, 2.05) is 0 Å². The molecule has 0 bridgehead atoms. The van der Waals surface area contributed by atoms with E-state index in [2.05, 4.69) is 216 Å². The summed E-state index contributed by atoms with van der Waals surface area (Å²) < 4.78 is 6.66. The standard InChI is InChI=1S/C62H57NO/c1-5-47-41(4)49(37-38-50(47)42-19-9-7-10-20-42)43-30-32-44(33-31-43)51-35-29-40(3)60(63-61(48(51)6-2)45-21-11-8-12-22-45)46-34-36-53-52-23-13-14-24-54(52)62(57(53)39-46)55-25-15-17-27-58(55)64-59-28-18-16-26-56(59)62/h7-28,30-34,36-41,47-48,51,60H,5-6,29,35H2,1-4H3/b63-61-. The van der Waals surface area contributed by atoms with Crippen molar-refractivity contribution in [1.29, 1.82) is 0 Å². The fraction of sp³-hybridized carbons (Fsp3) is 0.242. The molecule has 64 heavy (non-hydrogen) atoms. The predicted molar refractivity (Wildman–Crippen MR) is 266 cm³/mol. The summed E-state index contributed by atoms with van der Waals surface area (Å²) >= 11 is 0. The van der Waals surface area contributed by atoms with Crippen molar-refractivity contribution < 1.29 is 4.74 Å². The number of allylic oxidation sites excluding steroid dienone is 4. The maximum atomic E-state index is 6.66. The number of aliphatic imine (C=N–C) groups is 1. The van der Waals surface area contributed by atoms with Crippen LogP contribution in [-0.2, 0) is 5.41 Å². The van der Waals surface area contributed by atoms with Crippen LogP contribution in [0.1, 0.15) is 115 Å². The van der Waals surface area contributed by atoms with Gasteiger partial charge in [0.1, 0.15) is 11.5 Å². The van der Waals surface area contributed by atoms with Crippen molar-refractivity contribution in [2.24, 2.45) is 28.7 Å². The number of benzene rings is 7. The number of hydrogen-bond acceptors (Lipinski definition) is 2. The Kier molecular flexibility index (Phi) is 10.4. The summed E-state index contributed by atoms with van der Waals surface area (Å²) in [5.41, 5.74) is 17.9. The van der Waals surface area contributed by atoms with Crippen molar-refractivity contribution in [3.8, 4) is 22.6 Å². The molecule has 4 aliphatic rings. The minimum absolute atomic E-state index is 0.00374. The monoisotopic (exact) mass is 831 g/mol. The molecule has 2 aliphatic heterocycles. The second kappa shape index (κ2) is 16.6. The van der Waals surface area contributed by atoms with E-state index in [-0.39, 0.29) is 12.0 Å². The molecular formula is C62H57NO. The predicted octanol–water partition coefficient (Wildman–Crippen LogP) is 16.1. The van der Waals surface area contributed by atoms with Crippen LogP contribution in [0.2, 0.25) is 0 Å². The quantitative estimate of drug-likeness (QED) is 0.157. The van der Waals surface area contributed by atoms with Gasteiger partial charge in [0.25, 0.3) is 0 Å². The maximum Gasteiger partial charge on any atom is 0.132 e. The molecule has 11 rings (SSSR count). The van der Waals surface area contributed by atoms with Crippen LogP contribution in [0.3, 0.4) is 0 Å². The topological polar surface area (TPSA) is 21.6 Å². The molecule has 6 unspecified atom stereocenters. The van der Waals surface area contributed by atoms with Crippen LogP contribution >= 0.6 is 0 Å². The summed E-state index contributed by atoms with van der Waals surface area (Å²) in [6, 6.07) is 65.4. The molecule has 2 heterocycles. The number of hydrogen-bond donors (Lipinski definition) is 0. The van der Waals surface area contributed by atoms with E-state index in [0.717, 1.165) is 37.2 Å². The molecule has 2 aliphatic carbocycles. The molecule has 0 aromatic heterocycles. The summed E-state index contributed by atoms with van der Waals surface area (Å²) in [6.07, 6.45) is 9.12. The summed E-state index contributed by atoms with van der Waals surface area (Å²) in [4.78, 5) is 6.01. The van der Waals surface area contributed by atoms with Gasteiger partial charge in [-0.05, 0) is 123 Å². The molecule has 2 nitrogen and oxygen atoms in total. The minimum Gasteiger partial charge on any atom is -0.457 e. The van der Waals surface area contributed by atoms with Gasteiger partial charge in [-0.2, -0.15) is 0 Å². The van der Waals surface area contributed by atoms with Crippen molar-refractivity contribution in [2.45, 2.75) is 70.8 Å². The second-order valence-electron chi connectivity index (χ2n) is 18.7.